The Bertz CT molecular complexity index is 720. The summed E-state index contributed by atoms with van der Waals surface area (Å²) in [5, 5.41) is 14.8. The summed E-state index contributed by atoms with van der Waals surface area (Å²) in [4.78, 5) is 15.2. The summed E-state index contributed by atoms with van der Waals surface area (Å²) in [5.74, 6) is 0.490. The van der Waals surface area contributed by atoms with Gasteiger partial charge in [0.15, 0.2) is 0 Å². The first-order valence-corrected chi connectivity index (χ1v) is 9.61. The van der Waals surface area contributed by atoms with E-state index < -0.39 is 6.10 Å². The number of aryl methyl sites for hydroxylation is 2. The van der Waals surface area contributed by atoms with Crippen LogP contribution in [0.25, 0.3) is 0 Å². The predicted molar refractivity (Wildman–Crippen MR) is 99.9 cm³/mol. The Hall–Kier alpha value is -2.14. The number of aliphatic hydroxyl groups excluding tert-OH is 1. The Morgan fingerprint density at radius 3 is 2.62 bits per heavy atom. The summed E-state index contributed by atoms with van der Waals surface area (Å²) in [7, 11) is 0. The lowest BCUT2D eigenvalue weighted by Gasteiger charge is -2.35. The van der Waals surface area contributed by atoms with Gasteiger partial charge >= 0.3 is 0 Å². The summed E-state index contributed by atoms with van der Waals surface area (Å²) in [5.41, 5.74) is 2.10. The molecule has 0 radical (unpaired) electrons. The topological polar surface area (TPSA) is 66.6 Å². The fourth-order valence-corrected chi connectivity index (χ4v) is 3.83. The molecule has 1 aliphatic carbocycles. The molecule has 5 nitrogen and oxygen atoms in total. The minimum atomic E-state index is -0.702. The molecule has 1 saturated carbocycles. The van der Waals surface area contributed by atoms with E-state index in [2.05, 4.69) is 5.16 Å². The molecule has 1 atom stereocenters. The van der Waals surface area contributed by atoms with E-state index in [4.69, 9.17) is 4.52 Å². The van der Waals surface area contributed by atoms with Crippen LogP contribution in [0.5, 0.6) is 0 Å². The van der Waals surface area contributed by atoms with Crippen LogP contribution in [0.1, 0.15) is 72.5 Å². The lowest BCUT2D eigenvalue weighted by atomic mass is 9.93. The Labute approximate surface area is 155 Å². The maximum atomic E-state index is 13.4. The van der Waals surface area contributed by atoms with Gasteiger partial charge in [0.2, 0.25) is 0 Å². The quantitative estimate of drug-likeness (QED) is 0.848. The molecule has 5 heteroatoms. The average Bonchev–Trinajstić information content (AvgIpc) is 3.07. The van der Waals surface area contributed by atoms with Crippen LogP contribution >= 0.6 is 0 Å². The van der Waals surface area contributed by atoms with Gasteiger partial charge in [0.05, 0.1) is 18.3 Å². The van der Waals surface area contributed by atoms with Gasteiger partial charge in [0.25, 0.3) is 5.91 Å². The van der Waals surface area contributed by atoms with Crippen LogP contribution in [0.3, 0.4) is 0 Å². The molecule has 1 heterocycles. The largest absolute Gasteiger partial charge is 0.387 e. The van der Waals surface area contributed by atoms with Crippen LogP contribution in [-0.4, -0.2) is 33.7 Å². The van der Waals surface area contributed by atoms with E-state index in [1.807, 2.05) is 42.2 Å². The molecule has 2 aromatic rings. The first kappa shape index (κ1) is 18.6. The van der Waals surface area contributed by atoms with Gasteiger partial charge in [0, 0.05) is 6.04 Å². The van der Waals surface area contributed by atoms with Gasteiger partial charge in [-0.1, -0.05) is 61.7 Å². The fraction of sp³-hybridized carbons (Fsp3) is 0.524. The Morgan fingerprint density at radius 2 is 1.96 bits per heavy atom. The van der Waals surface area contributed by atoms with E-state index in [1.54, 1.807) is 6.92 Å². The molecule has 0 bridgehead atoms. The van der Waals surface area contributed by atoms with E-state index in [9.17, 15) is 9.90 Å². The van der Waals surface area contributed by atoms with Crippen LogP contribution in [-0.2, 0) is 6.42 Å². The van der Waals surface area contributed by atoms with Crippen molar-refractivity contribution in [3.8, 4) is 0 Å². The van der Waals surface area contributed by atoms with Gasteiger partial charge in [-0.05, 0) is 31.7 Å². The van der Waals surface area contributed by atoms with Crippen molar-refractivity contribution in [3.05, 3.63) is 52.9 Å². The maximum absolute atomic E-state index is 13.4. The summed E-state index contributed by atoms with van der Waals surface area (Å²) in [6.45, 7) is 4.05. The molecule has 0 aliphatic heterocycles. The Balaban J connectivity index is 1.87. The number of nitrogens with zero attached hydrogens (tertiary/aromatic N) is 2. The van der Waals surface area contributed by atoms with Crippen molar-refractivity contribution in [2.75, 3.05) is 6.54 Å². The molecule has 3 rings (SSSR count). The smallest absolute Gasteiger partial charge is 0.259 e. The number of amides is 1. The molecule has 1 N–H and O–H groups in total. The zero-order valence-corrected chi connectivity index (χ0v) is 15.6. The number of aliphatic hydroxyl groups is 1. The lowest BCUT2D eigenvalue weighted by molar-refractivity contribution is 0.0452. The van der Waals surface area contributed by atoms with Gasteiger partial charge in [-0.15, -0.1) is 0 Å². The minimum absolute atomic E-state index is 0.0671. The van der Waals surface area contributed by atoms with E-state index in [1.165, 1.54) is 6.42 Å². The SMILES string of the molecule is CCc1noc(C)c1C(=O)N(C[C@H](O)c1ccccc1)C1CCCCC1. The van der Waals surface area contributed by atoms with Crippen molar-refractivity contribution in [1.29, 1.82) is 0 Å². The summed E-state index contributed by atoms with van der Waals surface area (Å²) < 4.78 is 5.27. The third kappa shape index (κ3) is 3.98. The number of carbonyl (C=O) groups is 1. The molecule has 1 aliphatic rings. The highest BCUT2D eigenvalue weighted by Gasteiger charge is 2.32. The third-order valence-electron chi connectivity index (χ3n) is 5.31. The summed E-state index contributed by atoms with van der Waals surface area (Å²) in [6.07, 6.45) is 5.38. The van der Waals surface area contributed by atoms with E-state index in [0.29, 0.717) is 30.0 Å². The highest BCUT2D eigenvalue weighted by Crippen LogP contribution is 2.28. The monoisotopic (exact) mass is 356 g/mol. The molecular formula is C21H28N2O3. The molecule has 140 valence electrons. The molecule has 1 aromatic carbocycles. The fourth-order valence-electron chi connectivity index (χ4n) is 3.83. The lowest BCUT2D eigenvalue weighted by Crippen LogP contribution is -2.44. The van der Waals surface area contributed by atoms with Gasteiger partial charge in [-0.2, -0.15) is 0 Å². The molecule has 1 aromatic heterocycles. The number of benzene rings is 1. The van der Waals surface area contributed by atoms with E-state index in [0.717, 1.165) is 31.2 Å². The standard InChI is InChI=1S/C21H28N2O3/c1-3-18-20(15(2)26-22-18)21(25)23(17-12-8-5-9-13-17)14-19(24)16-10-6-4-7-11-16/h4,6-7,10-11,17,19,24H,3,5,8-9,12-14H2,1-2H3/t19-/m0/s1. The highest BCUT2D eigenvalue weighted by atomic mass is 16.5. The average molecular weight is 356 g/mol. The van der Waals surface area contributed by atoms with Crippen molar-refractivity contribution in [2.45, 2.75) is 64.5 Å². The summed E-state index contributed by atoms with van der Waals surface area (Å²) >= 11 is 0. The molecule has 1 amide bonds. The Kier molecular flexibility index (Phi) is 6.09. The molecule has 26 heavy (non-hydrogen) atoms. The number of hydrogen-bond acceptors (Lipinski definition) is 4. The normalized spacial score (nSPS) is 16.4. The zero-order valence-electron chi connectivity index (χ0n) is 15.6. The molecule has 1 fully saturated rings. The molecule has 0 saturated heterocycles. The van der Waals surface area contributed by atoms with Gasteiger partial charge < -0.3 is 14.5 Å². The number of rotatable bonds is 6. The van der Waals surface area contributed by atoms with Crippen molar-refractivity contribution in [3.63, 3.8) is 0 Å². The highest BCUT2D eigenvalue weighted by molar-refractivity contribution is 5.96. The van der Waals surface area contributed by atoms with Crippen LogP contribution in [0, 0.1) is 6.92 Å². The molecule has 0 unspecified atom stereocenters. The second-order valence-corrected chi connectivity index (χ2v) is 7.09. The van der Waals surface area contributed by atoms with E-state index >= 15 is 0 Å². The van der Waals surface area contributed by atoms with Crippen LogP contribution in [0.15, 0.2) is 34.9 Å². The number of carbonyl (C=O) groups excluding carboxylic acids is 1. The minimum Gasteiger partial charge on any atom is -0.387 e. The molecular weight excluding hydrogens is 328 g/mol. The third-order valence-corrected chi connectivity index (χ3v) is 5.31. The van der Waals surface area contributed by atoms with Gasteiger partial charge in [-0.25, -0.2) is 0 Å². The van der Waals surface area contributed by atoms with Crippen LogP contribution < -0.4 is 0 Å². The molecule has 0 spiro atoms. The maximum Gasteiger partial charge on any atom is 0.259 e. The van der Waals surface area contributed by atoms with Gasteiger partial charge in [0.1, 0.15) is 11.3 Å². The summed E-state index contributed by atoms with van der Waals surface area (Å²) in [6, 6.07) is 9.70. The second kappa shape index (κ2) is 8.49. The Morgan fingerprint density at radius 1 is 1.27 bits per heavy atom. The van der Waals surface area contributed by atoms with Crippen molar-refractivity contribution in [1.82, 2.24) is 10.1 Å². The van der Waals surface area contributed by atoms with Crippen molar-refractivity contribution < 1.29 is 14.4 Å². The second-order valence-electron chi connectivity index (χ2n) is 7.09. The predicted octanol–water partition coefficient (Wildman–Crippen LogP) is 4.05. The first-order chi connectivity index (χ1) is 12.6. The van der Waals surface area contributed by atoms with Crippen LogP contribution in [0.4, 0.5) is 0 Å². The van der Waals surface area contributed by atoms with Crippen molar-refractivity contribution in [2.24, 2.45) is 0 Å². The van der Waals surface area contributed by atoms with Crippen molar-refractivity contribution >= 4 is 5.91 Å². The van der Waals surface area contributed by atoms with E-state index in [-0.39, 0.29) is 11.9 Å². The first-order valence-electron chi connectivity index (χ1n) is 9.61. The van der Waals surface area contributed by atoms with Gasteiger partial charge in [-0.3, -0.25) is 4.79 Å². The number of aromatic nitrogens is 1. The van der Waals surface area contributed by atoms with Crippen LogP contribution in [0.2, 0.25) is 0 Å². The zero-order chi connectivity index (χ0) is 18.5. The number of hydrogen-bond donors (Lipinski definition) is 1.